The molecule has 0 atom stereocenters. The summed E-state index contributed by atoms with van der Waals surface area (Å²) in [6.45, 7) is 5.25. The molecule has 1 aliphatic heterocycles. The first kappa shape index (κ1) is 26.4. The van der Waals surface area contributed by atoms with Gasteiger partial charge in [-0.15, -0.1) is 0 Å². The summed E-state index contributed by atoms with van der Waals surface area (Å²) in [7, 11) is 0.532. The number of methoxy groups -OCH3 is 2. The lowest BCUT2D eigenvalue weighted by molar-refractivity contribution is 0.0566. The Morgan fingerprint density at radius 2 is 1.68 bits per heavy atom. The second kappa shape index (κ2) is 9.67. The monoisotopic (exact) mass is 530 g/mol. The van der Waals surface area contributed by atoms with Crippen molar-refractivity contribution in [1.82, 2.24) is 18.8 Å². The Labute approximate surface area is 215 Å². The van der Waals surface area contributed by atoms with Gasteiger partial charge in [-0.1, -0.05) is 12.1 Å². The molecule has 11 nitrogen and oxygen atoms in total. The van der Waals surface area contributed by atoms with Crippen LogP contribution in [-0.4, -0.2) is 55.0 Å². The summed E-state index contributed by atoms with van der Waals surface area (Å²) >= 11 is 0. The van der Waals surface area contributed by atoms with Gasteiger partial charge in [-0.3, -0.25) is 4.79 Å². The fraction of sp³-hybridized carbons (Fsp3) is 0.400. The van der Waals surface area contributed by atoms with Crippen LogP contribution in [0.2, 0.25) is 0 Å². The molecular formula is C25H30N4O7S. The molecule has 37 heavy (non-hydrogen) atoms. The minimum Gasteiger partial charge on any atom is -0.493 e. The maximum absolute atomic E-state index is 12.8. The first-order valence-electron chi connectivity index (χ1n) is 11.6. The maximum atomic E-state index is 12.8. The molecule has 1 N–H and O–H groups in total. The summed E-state index contributed by atoms with van der Waals surface area (Å²) in [5, 5.41) is 5.56. The highest BCUT2D eigenvalue weighted by atomic mass is 32.2. The van der Waals surface area contributed by atoms with Gasteiger partial charge in [0.2, 0.25) is 0 Å². The number of carbonyl (C=O) groups is 1. The number of hydrogen-bond acceptors (Lipinski definition) is 8. The molecule has 0 saturated carbocycles. The highest BCUT2D eigenvalue weighted by Crippen LogP contribution is 2.35. The van der Waals surface area contributed by atoms with Gasteiger partial charge in [0.1, 0.15) is 5.60 Å². The van der Waals surface area contributed by atoms with Crippen molar-refractivity contribution < 1.29 is 27.4 Å². The Kier molecular flexibility index (Phi) is 6.91. The van der Waals surface area contributed by atoms with Crippen LogP contribution in [0, 0.1) is 0 Å². The van der Waals surface area contributed by atoms with Gasteiger partial charge in [-0.25, -0.2) is 14.2 Å². The van der Waals surface area contributed by atoms with E-state index in [-0.39, 0.29) is 18.6 Å². The summed E-state index contributed by atoms with van der Waals surface area (Å²) in [4.78, 5) is 24.8. The van der Waals surface area contributed by atoms with Gasteiger partial charge in [-0.05, 0) is 56.5 Å². The molecule has 1 aliphatic rings. The lowest BCUT2D eigenvalue weighted by atomic mass is 9.95. The van der Waals surface area contributed by atoms with Gasteiger partial charge in [0.15, 0.2) is 11.5 Å². The number of benzene rings is 2. The zero-order valence-electron chi connectivity index (χ0n) is 21.6. The van der Waals surface area contributed by atoms with E-state index in [1.165, 1.54) is 23.2 Å². The van der Waals surface area contributed by atoms with E-state index in [9.17, 15) is 18.0 Å². The molecule has 1 amide bonds. The average molecular weight is 531 g/mol. The highest BCUT2D eigenvalue weighted by Gasteiger charge is 2.30. The quantitative estimate of drug-likeness (QED) is 0.533. The Morgan fingerprint density at radius 1 is 1.03 bits per heavy atom. The zero-order chi connectivity index (χ0) is 27.1. The van der Waals surface area contributed by atoms with Crippen molar-refractivity contribution in [2.45, 2.75) is 39.3 Å². The van der Waals surface area contributed by atoms with Crippen LogP contribution in [0.4, 0.5) is 4.79 Å². The summed E-state index contributed by atoms with van der Waals surface area (Å²) < 4.78 is 45.8. The molecule has 0 unspecified atom stereocenters. The first-order valence-corrected chi connectivity index (χ1v) is 13.0. The van der Waals surface area contributed by atoms with Crippen LogP contribution in [0.1, 0.15) is 31.9 Å². The SMILES string of the molecule is COc1cc2c(-c3ccc4c(c3)CCN(S(=O)(=O)NC(=O)OC(C)(C)C)C4)nn(C)c(=O)c2cc1OC. The molecule has 0 bridgehead atoms. The number of rotatable bonds is 5. The number of aryl methyl sites for hydroxylation is 1. The fourth-order valence-corrected chi connectivity index (χ4v) is 5.26. The average Bonchev–Trinajstić information content (AvgIpc) is 2.83. The van der Waals surface area contributed by atoms with Crippen molar-refractivity contribution in [1.29, 1.82) is 0 Å². The second-order valence-electron chi connectivity index (χ2n) is 9.71. The van der Waals surface area contributed by atoms with Crippen molar-refractivity contribution in [3.63, 3.8) is 0 Å². The maximum Gasteiger partial charge on any atom is 0.422 e. The third-order valence-electron chi connectivity index (χ3n) is 5.96. The third kappa shape index (κ3) is 5.39. The van der Waals surface area contributed by atoms with E-state index in [0.717, 1.165) is 16.7 Å². The van der Waals surface area contributed by atoms with E-state index in [0.29, 0.717) is 34.4 Å². The standard InChI is InChI=1S/C25H30N4O7S/c1-25(2,3)36-24(31)27-37(32,33)29-10-9-15-11-16(7-8-17(15)14-29)22-18-12-20(34-5)21(35-6)13-19(18)23(30)28(4)26-22/h7-8,11-13H,9-10,14H2,1-6H3,(H,27,31). The smallest absolute Gasteiger partial charge is 0.422 e. The van der Waals surface area contributed by atoms with Crippen LogP contribution in [0.25, 0.3) is 22.0 Å². The Morgan fingerprint density at radius 3 is 2.30 bits per heavy atom. The number of amides is 1. The lowest BCUT2D eigenvalue weighted by Gasteiger charge is -2.29. The van der Waals surface area contributed by atoms with Gasteiger partial charge in [0.25, 0.3) is 5.56 Å². The van der Waals surface area contributed by atoms with Gasteiger partial charge in [-0.2, -0.15) is 17.8 Å². The molecule has 0 aliphatic carbocycles. The predicted molar refractivity (Wildman–Crippen MR) is 138 cm³/mol. The highest BCUT2D eigenvalue weighted by molar-refractivity contribution is 7.87. The lowest BCUT2D eigenvalue weighted by Crippen LogP contribution is -2.46. The van der Waals surface area contributed by atoms with Crippen molar-refractivity contribution >= 4 is 27.1 Å². The molecule has 2 heterocycles. The number of aromatic nitrogens is 2. The Bertz CT molecular complexity index is 1540. The van der Waals surface area contributed by atoms with E-state index in [1.54, 1.807) is 40.0 Å². The van der Waals surface area contributed by atoms with Crippen molar-refractivity contribution in [3.05, 3.63) is 51.8 Å². The molecule has 0 spiro atoms. The molecule has 4 rings (SSSR count). The predicted octanol–water partition coefficient (Wildman–Crippen LogP) is 2.75. The number of ether oxygens (including phenoxy) is 3. The second-order valence-corrected chi connectivity index (χ2v) is 11.4. The topological polar surface area (TPSA) is 129 Å². The molecule has 0 radical (unpaired) electrons. The van der Waals surface area contributed by atoms with E-state index < -0.39 is 21.9 Å². The molecule has 198 valence electrons. The van der Waals surface area contributed by atoms with Crippen LogP contribution >= 0.6 is 0 Å². The summed E-state index contributed by atoms with van der Waals surface area (Å²) in [6.07, 6.45) is -0.590. The van der Waals surface area contributed by atoms with Crippen LogP contribution in [-0.2, 0) is 35.0 Å². The third-order valence-corrected chi connectivity index (χ3v) is 7.38. The summed E-state index contributed by atoms with van der Waals surface area (Å²) in [6, 6.07) is 8.98. The minimum absolute atomic E-state index is 0.0974. The number of fused-ring (bicyclic) bond motifs is 2. The van der Waals surface area contributed by atoms with Crippen LogP contribution < -0.4 is 19.8 Å². The Balaban J connectivity index is 1.67. The van der Waals surface area contributed by atoms with Crippen LogP contribution in [0.15, 0.2) is 35.1 Å². The zero-order valence-corrected chi connectivity index (χ0v) is 22.4. The van der Waals surface area contributed by atoms with Crippen LogP contribution in [0.3, 0.4) is 0 Å². The van der Waals surface area contributed by atoms with E-state index in [2.05, 4.69) is 5.10 Å². The van der Waals surface area contributed by atoms with Gasteiger partial charge < -0.3 is 14.2 Å². The molecule has 0 saturated heterocycles. The first-order chi connectivity index (χ1) is 17.3. The summed E-state index contributed by atoms with van der Waals surface area (Å²) in [5.74, 6) is 0.915. The largest absolute Gasteiger partial charge is 0.493 e. The van der Waals surface area contributed by atoms with Crippen molar-refractivity contribution in [2.24, 2.45) is 7.05 Å². The Hall–Kier alpha value is -3.64. The fourth-order valence-electron chi connectivity index (χ4n) is 4.24. The van der Waals surface area contributed by atoms with Gasteiger partial charge in [0, 0.05) is 31.1 Å². The van der Waals surface area contributed by atoms with E-state index >= 15 is 0 Å². The normalized spacial score (nSPS) is 14.2. The van der Waals surface area contributed by atoms with E-state index in [1.807, 2.05) is 22.9 Å². The molecule has 2 aromatic carbocycles. The van der Waals surface area contributed by atoms with Crippen LogP contribution in [0.5, 0.6) is 11.5 Å². The van der Waals surface area contributed by atoms with Crippen molar-refractivity contribution in [3.8, 4) is 22.8 Å². The molecular weight excluding hydrogens is 500 g/mol. The summed E-state index contributed by atoms with van der Waals surface area (Å²) in [5.41, 5.74) is 2.02. The van der Waals surface area contributed by atoms with Crippen molar-refractivity contribution in [2.75, 3.05) is 20.8 Å². The number of nitrogens with one attached hydrogen (secondary N) is 1. The molecule has 3 aromatic rings. The molecule has 0 fully saturated rings. The van der Waals surface area contributed by atoms with Gasteiger partial charge >= 0.3 is 16.3 Å². The molecule has 12 heteroatoms. The number of carbonyl (C=O) groups excluding carboxylic acids is 1. The number of hydrogen-bond donors (Lipinski definition) is 1. The minimum atomic E-state index is -4.08. The molecule has 1 aromatic heterocycles. The number of nitrogens with zero attached hydrogens (tertiary/aromatic N) is 3. The van der Waals surface area contributed by atoms with E-state index in [4.69, 9.17) is 14.2 Å². The van der Waals surface area contributed by atoms with Gasteiger partial charge in [0.05, 0.1) is 25.3 Å².